The third-order valence-electron chi connectivity index (χ3n) is 2.53. The van der Waals surface area contributed by atoms with Crippen LogP contribution in [-0.4, -0.2) is 18.6 Å². The van der Waals surface area contributed by atoms with Gasteiger partial charge in [0.25, 0.3) is 0 Å². The van der Waals surface area contributed by atoms with E-state index < -0.39 is 0 Å². The van der Waals surface area contributed by atoms with Crippen molar-refractivity contribution in [2.24, 2.45) is 0 Å². The van der Waals surface area contributed by atoms with Crippen molar-refractivity contribution in [3.63, 3.8) is 0 Å². The Labute approximate surface area is 103 Å². The number of benzene rings is 1. The number of nitrogens with one attached hydrogen (secondary N) is 1. The SMILES string of the molecule is CCOC(=O)C(C)NCc1cc(C)cc(C)c1. The first-order valence-corrected chi connectivity index (χ1v) is 6.00. The van der Waals surface area contributed by atoms with Gasteiger partial charge in [-0.2, -0.15) is 0 Å². The van der Waals surface area contributed by atoms with Crippen LogP contribution in [0.4, 0.5) is 0 Å². The molecule has 0 heterocycles. The molecular formula is C14H21NO2. The summed E-state index contributed by atoms with van der Waals surface area (Å²) < 4.78 is 4.94. The van der Waals surface area contributed by atoms with Crippen molar-refractivity contribution in [3.8, 4) is 0 Å². The smallest absolute Gasteiger partial charge is 0.322 e. The molecule has 0 fully saturated rings. The lowest BCUT2D eigenvalue weighted by atomic mass is 10.1. The lowest BCUT2D eigenvalue weighted by molar-refractivity contribution is -0.145. The predicted molar refractivity (Wildman–Crippen MR) is 68.9 cm³/mol. The first-order valence-electron chi connectivity index (χ1n) is 6.00. The molecule has 17 heavy (non-hydrogen) atoms. The molecule has 0 aliphatic carbocycles. The van der Waals surface area contributed by atoms with Crippen molar-refractivity contribution in [3.05, 3.63) is 34.9 Å². The summed E-state index contributed by atoms with van der Waals surface area (Å²) in [6.07, 6.45) is 0. The highest BCUT2D eigenvalue weighted by molar-refractivity contribution is 5.75. The molecular weight excluding hydrogens is 214 g/mol. The molecule has 1 rings (SSSR count). The summed E-state index contributed by atoms with van der Waals surface area (Å²) in [7, 11) is 0. The highest BCUT2D eigenvalue weighted by Crippen LogP contribution is 2.08. The van der Waals surface area contributed by atoms with Gasteiger partial charge in [-0.1, -0.05) is 29.3 Å². The molecule has 1 aromatic rings. The summed E-state index contributed by atoms with van der Waals surface area (Å²) in [5.41, 5.74) is 3.68. The number of ether oxygens (including phenoxy) is 1. The van der Waals surface area contributed by atoms with Crippen LogP contribution in [-0.2, 0) is 16.1 Å². The van der Waals surface area contributed by atoms with Crippen LogP contribution < -0.4 is 5.32 Å². The molecule has 1 unspecified atom stereocenters. The summed E-state index contributed by atoms with van der Waals surface area (Å²) in [4.78, 5) is 11.4. The number of rotatable bonds is 5. The molecule has 0 aromatic heterocycles. The Hall–Kier alpha value is -1.35. The van der Waals surface area contributed by atoms with Gasteiger partial charge >= 0.3 is 5.97 Å². The highest BCUT2D eigenvalue weighted by atomic mass is 16.5. The molecule has 0 aliphatic rings. The Bertz CT molecular complexity index is 368. The average molecular weight is 235 g/mol. The molecule has 0 radical (unpaired) electrons. The molecule has 3 heteroatoms. The Kier molecular flexibility index (Phi) is 5.16. The van der Waals surface area contributed by atoms with Crippen molar-refractivity contribution in [2.45, 2.75) is 40.3 Å². The summed E-state index contributed by atoms with van der Waals surface area (Å²) in [5, 5.41) is 3.16. The molecule has 0 amide bonds. The van der Waals surface area contributed by atoms with Gasteiger partial charge in [0, 0.05) is 6.54 Å². The summed E-state index contributed by atoms with van der Waals surface area (Å²) in [6.45, 7) is 8.89. The van der Waals surface area contributed by atoms with Gasteiger partial charge in [-0.25, -0.2) is 0 Å². The van der Waals surface area contributed by atoms with Crippen LogP contribution in [0.5, 0.6) is 0 Å². The van der Waals surface area contributed by atoms with Gasteiger partial charge in [-0.05, 0) is 33.3 Å². The van der Waals surface area contributed by atoms with Gasteiger partial charge in [-0.3, -0.25) is 4.79 Å². The lowest BCUT2D eigenvalue weighted by Crippen LogP contribution is -2.34. The van der Waals surface area contributed by atoms with Crippen molar-refractivity contribution in [2.75, 3.05) is 6.61 Å². The molecule has 94 valence electrons. The first kappa shape index (κ1) is 13.7. The fourth-order valence-corrected chi connectivity index (χ4v) is 1.79. The fraction of sp³-hybridized carbons (Fsp3) is 0.500. The van der Waals surface area contributed by atoms with E-state index in [1.807, 2.05) is 13.8 Å². The van der Waals surface area contributed by atoms with Crippen molar-refractivity contribution >= 4 is 5.97 Å². The maximum Gasteiger partial charge on any atom is 0.322 e. The largest absolute Gasteiger partial charge is 0.465 e. The normalized spacial score (nSPS) is 12.2. The monoisotopic (exact) mass is 235 g/mol. The van der Waals surface area contributed by atoms with Crippen LogP contribution in [0.25, 0.3) is 0 Å². The summed E-state index contributed by atoms with van der Waals surface area (Å²) >= 11 is 0. The van der Waals surface area contributed by atoms with E-state index in [9.17, 15) is 4.79 Å². The number of hydrogen-bond donors (Lipinski definition) is 1. The minimum absolute atomic E-state index is 0.197. The standard InChI is InChI=1S/C14H21NO2/c1-5-17-14(16)12(4)15-9-13-7-10(2)6-11(3)8-13/h6-8,12,15H,5,9H2,1-4H3. The highest BCUT2D eigenvalue weighted by Gasteiger charge is 2.12. The number of aryl methyl sites for hydroxylation is 2. The van der Waals surface area contributed by atoms with Gasteiger partial charge in [0.1, 0.15) is 6.04 Å². The molecule has 0 saturated heterocycles. The average Bonchev–Trinajstić information content (AvgIpc) is 2.25. The van der Waals surface area contributed by atoms with Gasteiger partial charge in [-0.15, -0.1) is 0 Å². The van der Waals surface area contributed by atoms with Crippen molar-refractivity contribution < 1.29 is 9.53 Å². The Morgan fingerprint density at radius 3 is 2.41 bits per heavy atom. The van der Waals surface area contributed by atoms with E-state index in [1.165, 1.54) is 16.7 Å². The maximum atomic E-state index is 11.4. The number of carbonyl (C=O) groups excluding carboxylic acids is 1. The van der Waals surface area contributed by atoms with Gasteiger partial charge < -0.3 is 10.1 Å². The minimum atomic E-state index is -0.268. The van der Waals surface area contributed by atoms with E-state index in [4.69, 9.17) is 4.74 Å². The molecule has 1 aromatic carbocycles. The van der Waals surface area contributed by atoms with E-state index in [1.54, 1.807) is 0 Å². The second-order valence-corrected chi connectivity index (χ2v) is 4.35. The zero-order valence-corrected chi connectivity index (χ0v) is 11.0. The van der Waals surface area contributed by atoms with Crippen LogP contribution in [0.15, 0.2) is 18.2 Å². The molecule has 0 bridgehead atoms. The van der Waals surface area contributed by atoms with Crippen LogP contribution in [0, 0.1) is 13.8 Å². The number of hydrogen-bond acceptors (Lipinski definition) is 3. The van der Waals surface area contributed by atoms with Crippen molar-refractivity contribution in [1.29, 1.82) is 0 Å². The minimum Gasteiger partial charge on any atom is -0.465 e. The quantitative estimate of drug-likeness (QED) is 0.796. The Balaban J connectivity index is 2.52. The molecule has 0 saturated carbocycles. The lowest BCUT2D eigenvalue weighted by Gasteiger charge is -2.13. The molecule has 1 N–H and O–H groups in total. The zero-order valence-electron chi connectivity index (χ0n) is 11.0. The van der Waals surface area contributed by atoms with E-state index in [-0.39, 0.29) is 12.0 Å². The van der Waals surface area contributed by atoms with Gasteiger partial charge in [0.15, 0.2) is 0 Å². The molecule has 0 aliphatic heterocycles. The second-order valence-electron chi connectivity index (χ2n) is 4.35. The number of esters is 1. The van der Waals surface area contributed by atoms with Crippen LogP contribution in [0.2, 0.25) is 0 Å². The Morgan fingerprint density at radius 1 is 1.29 bits per heavy atom. The molecule has 0 spiro atoms. The fourth-order valence-electron chi connectivity index (χ4n) is 1.79. The number of carbonyl (C=O) groups is 1. The van der Waals surface area contributed by atoms with Crippen LogP contribution in [0.1, 0.15) is 30.5 Å². The topological polar surface area (TPSA) is 38.3 Å². The van der Waals surface area contributed by atoms with E-state index in [0.717, 1.165) is 0 Å². The van der Waals surface area contributed by atoms with E-state index >= 15 is 0 Å². The second kappa shape index (κ2) is 6.40. The third kappa shape index (κ3) is 4.57. The summed E-state index contributed by atoms with van der Waals surface area (Å²) in [5.74, 6) is -0.197. The van der Waals surface area contributed by atoms with E-state index in [0.29, 0.717) is 13.2 Å². The van der Waals surface area contributed by atoms with Gasteiger partial charge in [0.05, 0.1) is 6.61 Å². The first-order chi connectivity index (χ1) is 8.02. The molecule has 3 nitrogen and oxygen atoms in total. The van der Waals surface area contributed by atoms with Crippen LogP contribution in [0.3, 0.4) is 0 Å². The van der Waals surface area contributed by atoms with Crippen LogP contribution >= 0.6 is 0 Å². The molecule has 1 atom stereocenters. The Morgan fingerprint density at radius 2 is 1.88 bits per heavy atom. The van der Waals surface area contributed by atoms with Crippen molar-refractivity contribution in [1.82, 2.24) is 5.32 Å². The van der Waals surface area contributed by atoms with E-state index in [2.05, 4.69) is 37.4 Å². The van der Waals surface area contributed by atoms with Gasteiger partial charge in [0.2, 0.25) is 0 Å². The summed E-state index contributed by atoms with van der Waals surface area (Å²) in [6, 6.07) is 6.12. The zero-order chi connectivity index (χ0) is 12.8. The third-order valence-corrected chi connectivity index (χ3v) is 2.53. The predicted octanol–water partition coefficient (Wildman–Crippen LogP) is 2.34. The maximum absolute atomic E-state index is 11.4.